The number of rotatable bonds is 6. The maximum atomic E-state index is 13.8. The lowest BCUT2D eigenvalue weighted by molar-refractivity contribution is -0.131. The van der Waals surface area contributed by atoms with Gasteiger partial charge in [-0.25, -0.2) is 18.4 Å². The van der Waals surface area contributed by atoms with Gasteiger partial charge in [-0.15, -0.1) is 0 Å². The molecule has 0 saturated heterocycles. The molecule has 10 heteroatoms. The molecule has 162 valence electrons. The van der Waals surface area contributed by atoms with Crippen molar-refractivity contribution in [1.29, 1.82) is 0 Å². The fraction of sp³-hybridized carbons (Fsp3) is 0.333. The van der Waals surface area contributed by atoms with Crippen LogP contribution in [0.5, 0.6) is 0 Å². The van der Waals surface area contributed by atoms with Crippen LogP contribution >= 0.6 is 0 Å². The van der Waals surface area contributed by atoms with Crippen LogP contribution in [0.4, 0.5) is 8.78 Å². The van der Waals surface area contributed by atoms with Gasteiger partial charge in [0.05, 0.1) is 23.0 Å². The number of carbonyl (C=O) groups excluding carboxylic acids is 1. The lowest BCUT2D eigenvalue weighted by Gasteiger charge is -2.17. The van der Waals surface area contributed by atoms with Crippen molar-refractivity contribution < 1.29 is 18.0 Å². The van der Waals surface area contributed by atoms with Crippen LogP contribution in [0.2, 0.25) is 0 Å². The summed E-state index contributed by atoms with van der Waals surface area (Å²) >= 11 is 0. The van der Waals surface area contributed by atoms with E-state index in [0.29, 0.717) is 18.0 Å². The summed E-state index contributed by atoms with van der Waals surface area (Å²) in [6.45, 7) is 3.76. The van der Waals surface area contributed by atoms with Crippen LogP contribution in [0.25, 0.3) is 22.5 Å². The Kier molecular flexibility index (Phi) is 5.30. The van der Waals surface area contributed by atoms with Gasteiger partial charge in [-0.05, 0) is 32.0 Å². The quantitative estimate of drug-likeness (QED) is 0.468. The minimum absolute atomic E-state index is 0.128. The van der Waals surface area contributed by atoms with Crippen LogP contribution in [-0.4, -0.2) is 42.4 Å². The highest BCUT2D eigenvalue weighted by Gasteiger charge is 2.23. The molecule has 0 aliphatic rings. The van der Waals surface area contributed by atoms with Crippen LogP contribution in [0.1, 0.15) is 28.9 Å². The number of furan rings is 1. The summed E-state index contributed by atoms with van der Waals surface area (Å²) < 4.78 is 36.0. The first-order valence-electron chi connectivity index (χ1n) is 9.67. The van der Waals surface area contributed by atoms with Crippen LogP contribution in [0.3, 0.4) is 0 Å². The molecule has 31 heavy (non-hydrogen) atoms. The number of fused-ring (bicyclic) bond motifs is 1. The van der Waals surface area contributed by atoms with Gasteiger partial charge in [0.1, 0.15) is 12.2 Å². The SMILES string of the molecule is Cc1nn(C)cc1CN(C)C(=O)Cn1nc(C)c2c(C(F)F)cc(-c3ccco3)nc21. The average Bonchev–Trinajstić information content (AvgIpc) is 3.42. The minimum atomic E-state index is -2.72. The number of pyridine rings is 1. The van der Waals surface area contributed by atoms with E-state index in [4.69, 9.17) is 4.42 Å². The maximum absolute atomic E-state index is 13.8. The highest BCUT2D eigenvalue weighted by Crippen LogP contribution is 2.33. The van der Waals surface area contributed by atoms with Crippen molar-refractivity contribution in [3.63, 3.8) is 0 Å². The normalized spacial score (nSPS) is 11.6. The van der Waals surface area contributed by atoms with Crippen molar-refractivity contribution in [2.24, 2.45) is 7.05 Å². The number of aromatic nitrogens is 5. The van der Waals surface area contributed by atoms with E-state index >= 15 is 0 Å². The Morgan fingerprint density at radius 2 is 2.03 bits per heavy atom. The van der Waals surface area contributed by atoms with Gasteiger partial charge in [0.15, 0.2) is 11.4 Å². The van der Waals surface area contributed by atoms with Gasteiger partial charge >= 0.3 is 0 Å². The molecule has 0 fully saturated rings. The number of likely N-dealkylation sites (N-methyl/N-ethyl adjacent to an activating group) is 1. The Hall–Kier alpha value is -3.56. The molecule has 0 unspecified atom stereocenters. The summed E-state index contributed by atoms with van der Waals surface area (Å²) in [4.78, 5) is 18.9. The summed E-state index contributed by atoms with van der Waals surface area (Å²) in [6.07, 6.45) is 0.589. The second-order valence-corrected chi connectivity index (χ2v) is 7.48. The van der Waals surface area contributed by atoms with E-state index in [2.05, 4.69) is 15.2 Å². The molecule has 0 aliphatic carbocycles. The first kappa shape index (κ1) is 20.7. The second-order valence-electron chi connectivity index (χ2n) is 7.48. The van der Waals surface area contributed by atoms with Crippen molar-refractivity contribution in [1.82, 2.24) is 29.4 Å². The maximum Gasteiger partial charge on any atom is 0.264 e. The van der Waals surface area contributed by atoms with Gasteiger partial charge < -0.3 is 9.32 Å². The molecular formula is C21H22F2N6O2. The Morgan fingerprint density at radius 1 is 1.26 bits per heavy atom. The molecule has 0 N–H and O–H groups in total. The second kappa shape index (κ2) is 7.93. The molecule has 4 rings (SSSR count). The Morgan fingerprint density at radius 3 is 2.65 bits per heavy atom. The summed E-state index contributed by atoms with van der Waals surface area (Å²) in [5, 5.41) is 8.87. The molecule has 0 radical (unpaired) electrons. The van der Waals surface area contributed by atoms with Crippen LogP contribution in [0, 0.1) is 13.8 Å². The monoisotopic (exact) mass is 428 g/mol. The third kappa shape index (κ3) is 3.92. The van der Waals surface area contributed by atoms with Gasteiger partial charge in [-0.2, -0.15) is 10.2 Å². The molecule has 4 aromatic rings. The largest absolute Gasteiger partial charge is 0.463 e. The summed E-state index contributed by atoms with van der Waals surface area (Å²) in [7, 11) is 3.50. The smallest absolute Gasteiger partial charge is 0.264 e. The van der Waals surface area contributed by atoms with E-state index < -0.39 is 6.43 Å². The van der Waals surface area contributed by atoms with Crippen molar-refractivity contribution in [3.8, 4) is 11.5 Å². The molecule has 1 amide bonds. The first-order valence-corrected chi connectivity index (χ1v) is 9.67. The summed E-state index contributed by atoms with van der Waals surface area (Å²) in [5.74, 6) is 0.140. The van der Waals surface area contributed by atoms with Crippen LogP contribution in [-0.2, 0) is 24.9 Å². The molecule has 0 bridgehead atoms. The zero-order valence-electron chi connectivity index (χ0n) is 17.6. The zero-order chi connectivity index (χ0) is 22.3. The molecule has 0 atom stereocenters. The predicted molar refractivity (Wildman–Crippen MR) is 109 cm³/mol. The lowest BCUT2D eigenvalue weighted by atomic mass is 10.1. The number of halogens is 2. The van der Waals surface area contributed by atoms with E-state index in [1.807, 2.05) is 20.2 Å². The number of alkyl halides is 2. The van der Waals surface area contributed by atoms with E-state index in [1.54, 1.807) is 35.7 Å². The number of hydrogen-bond donors (Lipinski definition) is 0. The molecule has 4 aromatic heterocycles. The standard InChI is InChI=1S/C21H22F2N6O2/c1-12-14(10-28(4)25-12)9-27(3)18(30)11-29-21-19(13(2)26-29)15(20(22)23)8-16(24-21)17-6-5-7-31-17/h5-8,10,20H,9,11H2,1-4H3. The Bertz CT molecular complexity index is 1240. The third-order valence-corrected chi connectivity index (χ3v) is 5.15. The number of carbonyl (C=O) groups is 1. The fourth-order valence-corrected chi connectivity index (χ4v) is 3.62. The van der Waals surface area contributed by atoms with Gasteiger partial charge in [-0.1, -0.05) is 0 Å². The van der Waals surface area contributed by atoms with Crippen LogP contribution < -0.4 is 0 Å². The van der Waals surface area contributed by atoms with Crippen molar-refractivity contribution in [2.45, 2.75) is 33.4 Å². The zero-order valence-corrected chi connectivity index (χ0v) is 17.6. The van der Waals surface area contributed by atoms with Crippen LogP contribution in [0.15, 0.2) is 35.1 Å². The van der Waals surface area contributed by atoms with Gasteiger partial charge in [-0.3, -0.25) is 9.48 Å². The Balaban J connectivity index is 1.68. The van der Waals surface area contributed by atoms with Crippen molar-refractivity contribution >= 4 is 16.9 Å². The van der Waals surface area contributed by atoms with Crippen molar-refractivity contribution in [2.75, 3.05) is 7.05 Å². The first-order chi connectivity index (χ1) is 14.7. The Labute approximate surface area is 177 Å². The third-order valence-electron chi connectivity index (χ3n) is 5.15. The number of hydrogen-bond acceptors (Lipinski definition) is 5. The fourth-order valence-electron chi connectivity index (χ4n) is 3.62. The average molecular weight is 428 g/mol. The summed E-state index contributed by atoms with van der Waals surface area (Å²) in [6, 6.07) is 4.61. The molecule has 0 aromatic carbocycles. The molecule has 4 heterocycles. The highest BCUT2D eigenvalue weighted by molar-refractivity contribution is 5.86. The van der Waals surface area contributed by atoms with Gasteiger partial charge in [0, 0.05) is 38.0 Å². The number of amides is 1. The number of aryl methyl sites for hydroxylation is 3. The molecule has 0 saturated carbocycles. The van der Waals surface area contributed by atoms with E-state index in [-0.39, 0.29) is 34.7 Å². The number of nitrogens with zero attached hydrogens (tertiary/aromatic N) is 6. The molecule has 0 aliphatic heterocycles. The van der Waals surface area contributed by atoms with E-state index in [0.717, 1.165) is 11.3 Å². The van der Waals surface area contributed by atoms with Crippen molar-refractivity contribution in [3.05, 3.63) is 53.2 Å². The predicted octanol–water partition coefficient (Wildman–Crippen LogP) is 3.64. The van der Waals surface area contributed by atoms with E-state index in [1.165, 1.54) is 17.0 Å². The summed E-state index contributed by atoms with van der Waals surface area (Å²) in [5.41, 5.74) is 2.46. The molecular weight excluding hydrogens is 406 g/mol. The molecule has 0 spiro atoms. The van der Waals surface area contributed by atoms with Gasteiger partial charge in [0.2, 0.25) is 5.91 Å². The highest BCUT2D eigenvalue weighted by atomic mass is 19.3. The van der Waals surface area contributed by atoms with E-state index in [9.17, 15) is 13.6 Å². The topological polar surface area (TPSA) is 82.0 Å². The lowest BCUT2D eigenvalue weighted by Crippen LogP contribution is -2.30. The van der Waals surface area contributed by atoms with Gasteiger partial charge in [0.25, 0.3) is 6.43 Å². The molecule has 8 nitrogen and oxygen atoms in total. The minimum Gasteiger partial charge on any atom is -0.463 e.